The van der Waals surface area contributed by atoms with E-state index < -0.39 is 5.95 Å². The molecule has 0 amide bonds. The molecule has 0 atom stereocenters. The van der Waals surface area contributed by atoms with Gasteiger partial charge < -0.3 is 19.7 Å². The van der Waals surface area contributed by atoms with E-state index in [-0.39, 0.29) is 6.04 Å². The molecule has 8 nitrogen and oxygen atoms in total. The third-order valence-corrected chi connectivity index (χ3v) is 8.24. The predicted octanol–water partition coefficient (Wildman–Crippen LogP) is 5.68. The Morgan fingerprint density at radius 3 is 2.43 bits per heavy atom. The smallest absolute Gasteiger partial charge is 0.237 e. The van der Waals surface area contributed by atoms with Gasteiger partial charge in [0.2, 0.25) is 11.9 Å². The maximum absolute atomic E-state index is 14.9. The molecule has 0 bridgehead atoms. The summed E-state index contributed by atoms with van der Waals surface area (Å²) in [5, 5.41) is 4.92. The van der Waals surface area contributed by atoms with Gasteiger partial charge in [0.15, 0.2) is 0 Å². The fraction of sp³-hybridized carbons (Fsp3) is 0.500. The fourth-order valence-corrected chi connectivity index (χ4v) is 6.30. The molecule has 0 radical (unpaired) electrons. The minimum atomic E-state index is -0.449. The summed E-state index contributed by atoms with van der Waals surface area (Å²) in [6.07, 6.45) is 11.9. The molecule has 4 aromatic rings. The van der Waals surface area contributed by atoms with Crippen LogP contribution in [0.25, 0.3) is 21.9 Å². The van der Waals surface area contributed by atoms with Crippen molar-refractivity contribution in [2.24, 2.45) is 0 Å². The number of aromatic nitrogens is 5. The Labute approximate surface area is 216 Å². The highest BCUT2D eigenvalue weighted by molar-refractivity contribution is 6.06. The number of nitrogens with one attached hydrogen (secondary N) is 1. The lowest BCUT2D eigenvalue weighted by molar-refractivity contribution is 0.186. The molecule has 37 heavy (non-hydrogen) atoms. The number of hydrogen-bond acceptors (Lipinski definition) is 7. The van der Waals surface area contributed by atoms with Crippen LogP contribution in [0, 0.1) is 5.95 Å². The van der Waals surface area contributed by atoms with Crippen LogP contribution in [-0.4, -0.2) is 61.6 Å². The predicted molar refractivity (Wildman–Crippen MR) is 146 cm³/mol. The minimum absolute atomic E-state index is 0.227. The lowest BCUT2D eigenvalue weighted by Crippen LogP contribution is -2.44. The second kappa shape index (κ2) is 10.2. The number of anilines is 3. The maximum Gasteiger partial charge on any atom is 0.237 e. The van der Waals surface area contributed by atoms with E-state index in [0.717, 1.165) is 74.0 Å². The highest BCUT2D eigenvalue weighted by Crippen LogP contribution is 2.38. The van der Waals surface area contributed by atoms with Crippen molar-refractivity contribution < 1.29 is 4.39 Å². The first-order valence-electron chi connectivity index (χ1n) is 13.7. The van der Waals surface area contributed by atoms with E-state index >= 15 is 0 Å². The molecular formula is C28H35FN8. The molecule has 4 aromatic heterocycles. The second-order valence-electron chi connectivity index (χ2n) is 10.2. The van der Waals surface area contributed by atoms with E-state index in [4.69, 9.17) is 4.98 Å². The molecule has 2 fully saturated rings. The standard InChI is InChI=1S/C28H35FN8/c1-3-35(4-2)19-12-15-36(16-13-19)21-9-10-24(31-17-21)33-28-32-18-23-22-11-14-30-26(29)25(22)37(27(23)34-28)20-7-5-6-8-20/h9-11,14,17-20H,3-8,12-13,15-16H2,1-2H3,(H,31,32,33,34). The largest absolute Gasteiger partial charge is 0.370 e. The van der Waals surface area contributed by atoms with Gasteiger partial charge in [-0.3, -0.25) is 0 Å². The summed E-state index contributed by atoms with van der Waals surface area (Å²) in [4.78, 5) is 22.9. The molecule has 0 unspecified atom stereocenters. The molecular weight excluding hydrogens is 467 g/mol. The number of rotatable bonds is 7. The number of nitrogens with zero attached hydrogens (tertiary/aromatic N) is 7. The van der Waals surface area contributed by atoms with E-state index in [0.29, 0.717) is 23.3 Å². The van der Waals surface area contributed by atoms with E-state index in [1.165, 1.54) is 19.0 Å². The average molecular weight is 503 g/mol. The van der Waals surface area contributed by atoms with E-state index in [1.807, 2.05) is 22.9 Å². The van der Waals surface area contributed by atoms with Crippen molar-refractivity contribution in [2.75, 3.05) is 36.4 Å². The van der Waals surface area contributed by atoms with Crippen LogP contribution < -0.4 is 10.2 Å². The number of pyridine rings is 2. The molecule has 2 aliphatic rings. The van der Waals surface area contributed by atoms with Gasteiger partial charge in [-0.05, 0) is 57.0 Å². The van der Waals surface area contributed by atoms with Crippen molar-refractivity contribution >= 4 is 39.4 Å². The SMILES string of the molecule is CCN(CC)C1CCN(c2ccc(Nc3ncc4c5ccnc(F)c5n(C5CCCC5)c4n3)nc2)CC1. The Morgan fingerprint density at radius 2 is 1.73 bits per heavy atom. The fourth-order valence-electron chi connectivity index (χ4n) is 6.30. The molecule has 6 rings (SSSR count). The van der Waals surface area contributed by atoms with E-state index in [2.05, 4.69) is 50.0 Å². The molecule has 9 heteroatoms. The Hall–Kier alpha value is -3.33. The van der Waals surface area contributed by atoms with Gasteiger partial charge in [0.1, 0.15) is 17.0 Å². The topological polar surface area (TPSA) is 75.0 Å². The molecule has 1 aliphatic heterocycles. The van der Waals surface area contributed by atoms with Crippen molar-refractivity contribution in [3.63, 3.8) is 0 Å². The van der Waals surface area contributed by atoms with Crippen molar-refractivity contribution in [2.45, 2.75) is 64.5 Å². The number of hydrogen-bond donors (Lipinski definition) is 1. The van der Waals surface area contributed by atoms with Crippen LogP contribution >= 0.6 is 0 Å². The van der Waals surface area contributed by atoms with E-state index in [1.54, 1.807) is 6.20 Å². The maximum atomic E-state index is 14.9. The highest BCUT2D eigenvalue weighted by Gasteiger charge is 2.26. The zero-order valence-corrected chi connectivity index (χ0v) is 21.7. The van der Waals surface area contributed by atoms with Gasteiger partial charge >= 0.3 is 0 Å². The van der Waals surface area contributed by atoms with E-state index in [9.17, 15) is 4.39 Å². The number of fused-ring (bicyclic) bond motifs is 3. The zero-order valence-electron chi connectivity index (χ0n) is 21.7. The normalized spacial score (nSPS) is 17.5. The Bertz CT molecular complexity index is 1370. The molecule has 1 N–H and O–H groups in total. The third kappa shape index (κ3) is 4.50. The summed E-state index contributed by atoms with van der Waals surface area (Å²) in [5.74, 6) is 0.705. The summed E-state index contributed by atoms with van der Waals surface area (Å²) in [7, 11) is 0. The van der Waals surface area contributed by atoms with Crippen LogP contribution in [0.1, 0.15) is 58.4 Å². The summed E-state index contributed by atoms with van der Waals surface area (Å²) >= 11 is 0. The Morgan fingerprint density at radius 1 is 0.946 bits per heavy atom. The van der Waals surface area contributed by atoms with Gasteiger partial charge in [0.25, 0.3) is 0 Å². The first-order chi connectivity index (χ1) is 18.2. The minimum Gasteiger partial charge on any atom is -0.370 e. The van der Waals surface area contributed by atoms with Gasteiger partial charge in [0, 0.05) is 48.3 Å². The van der Waals surface area contributed by atoms with Crippen LogP contribution in [-0.2, 0) is 0 Å². The monoisotopic (exact) mass is 502 g/mol. The van der Waals surface area contributed by atoms with Gasteiger partial charge in [-0.1, -0.05) is 26.7 Å². The van der Waals surface area contributed by atoms with Gasteiger partial charge in [-0.25, -0.2) is 15.0 Å². The van der Waals surface area contributed by atoms with Crippen molar-refractivity contribution in [3.8, 4) is 0 Å². The Balaban J connectivity index is 1.22. The quantitative estimate of drug-likeness (QED) is 0.326. The van der Waals surface area contributed by atoms with Gasteiger partial charge in [0.05, 0.1) is 11.9 Å². The summed E-state index contributed by atoms with van der Waals surface area (Å²) < 4.78 is 16.9. The van der Waals surface area contributed by atoms with Gasteiger partial charge in [-0.15, -0.1) is 0 Å². The zero-order chi connectivity index (χ0) is 25.4. The lowest BCUT2D eigenvalue weighted by atomic mass is 10.0. The number of halogens is 1. The summed E-state index contributed by atoms with van der Waals surface area (Å²) in [6.45, 7) is 8.82. The molecule has 1 saturated carbocycles. The van der Waals surface area contributed by atoms with Crippen molar-refractivity contribution in [1.29, 1.82) is 0 Å². The molecule has 0 aromatic carbocycles. The average Bonchev–Trinajstić information content (AvgIpc) is 3.57. The third-order valence-electron chi connectivity index (χ3n) is 8.24. The van der Waals surface area contributed by atoms with Crippen molar-refractivity contribution in [3.05, 3.63) is 42.7 Å². The molecule has 1 aliphatic carbocycles. The van der Waals surface area contributed by atoms with Gasteiger partial charge in [-0.2, -0.15) is 9.37 Å². The Kier molecular flexibility index (Phi) is 6.63. The van der Waals surface area contributed by atoms with Crippen LogP contribution in [0.2, 0.25) is 0 Å². The number of piperidine rings is 1. The van der Waals surface area contributed by atoms with Crippen LogP contribution in [0.4, 0.5) is 21.8 Å². The summed E-state index contributed by atoms with van der Waals surface area (Å²) in [6, 6.07) is 6.85. The molecule has 0 spiro atoms. The first kappa shape index (κ1) is 24.0. The lowest BCUT2D eigenvalue weighted by Gasteiger charge is -2.38. The molecule has 194 valence electrons. The molecule has 1 saturated heterocycles. The van der Waals surface area contributed by atoms with Crippen LogP contribution in [0.5, 0.6) is 0 Å². The van der Waals surface area contributed by atoms with Crippen molar-refractivity contribution in [1.82, 2.24) is 29.4 Å². The second-order valence-corrected chi connectivity index (χ2v) is 10.2. The van der Waals surface area contributed by atoms with Crippen LogP contribution in [0.3, 0.4) is 0 Å². The first-order valence-corrected chi connectivity index (χ1v) is 13.7. The highest BCUT2D eigenvalue weighted by atomic mass is 19.1. The van der Waals surface area contributed by atoms with Crippen LogP contribution in [0.15, 0.2) is 36.8 Å². The summed E-state index contributed by atoms with van der Waals surface area (Å²) in [5.41, 5.74) is 2.42. The molecule has 5 heterocycles.